The van der Waals surface area contributed by atoms with Crippen LogP contribution < -0.4 is 0 Å². The van der Waals surface area contributed by atoms with Crippen LogP contribution in [0.25, 0.3) is 11.1 Å². The van der Waals surface area contributed by atoms with Gasteiger partial charge in [0.1, 0.15) is 18.2 Å². The number of ether oxygens (including phenoxy) is 1. The summed E-state index contributed by atoms with van der Waals surface area (Å²) in [5, 5.41) is 0. The molecule has 9 heteroatoms. The van der Waals surface area contributed by atoms with Crippen LogP contribution in [0.15, 0.2) is 88.2 Å². The number of carbonyl (C=O) groups excluding carboxylic acids is 1. The monoisotopic (exact) mass is 492 g/mol. The maximum atomic E-state index is 13.1. The van der Waals surface area contributed by atoms with Gasteiger partial charge in [-0.25, -0.2) is 9.78 Å². The standard InChI is InChI=1S/C26H24N2O6S/c1-18-11-13-21(14-12-18)35(30,31)34-20-15-23(25-27-22-9-5-6-10-24(22)33-25)28(16-20)26(29)32-17-19-7-3-2-4-8-19/h2-14,20,23H,15-17H2,1H3. The molecule has 1 aromatic heterocycles. The Bertz CT molecular complexity index is 1400. The first-order valence-corrected chi connectivity index (χ1v) is 12.6. The molecule has 180 valence electrons. The number of hydrogen-bond acceptors (Lipinski definition) is 7. The summed E-state index contributed by atoms with van der Waals surface area (Å²) in [4.78, 5) is 19.1. The predicted octanol–water partition coefficient (Wildman–Crippen LogP) is 4.99. The number of amides is 1. The summed E-state index contributed by atoms with van der Waals surface area (Å²) in [6.45, 7) is 1.98. The molecule has 1 amide bonds. The first-order chi connectivity index (χ1) is 16.9. The number of para-hydroxylation sites is 2. The molecule has 1 saturated heterocycles. The van der Waals surface area contributed by atoms with E-state index in [1.807, 2.05) is 55.5 Å². The highest BCUT2D eigenvalue weighted by molar-refractivity contribution is 7.86. The van der Waals surface area contributed by atoms with Gasteiger partial charge in [-0.1, -0.05) is 60.2 Å². The molecule has 35 heavy (non-hydrogen) atoms. The second kappa shape index (κ2) is 9.52. The van der Waals surface area contributed by atoms with E-state index in [2.05, 4.69) is 4.98 Å². The van der Waals surface area contributed by atoms with E-state index in [-0.39, 0.29) is 24.5 Å². The Morgan fingerprint density at radius 1 is 1.03 bits per heavy atom. The van der Waals surface area contributed by atoms with Crippen LogP contribution >= 0.6 is 0 Å². The smallest absolute Gasteiger partial charge is 0.410 e. The lowest BCUT2D eigenvalue weighted by atomic mass is 10.2. The van der Waals surface area contributed by atoms with E-state index >= 15 is 0 Å². The van der Waals surface area contributed by atoms with Crippen LogP contribution in [-0.4, -0.2) is 37.0 Å². The zero-order chi connectivity index (χ0) is 24.4. The first-order valence-electron chi connectivity index (χ1n) is 11.2. The molecule has 1 aliphatic heterocycles. The molecular formula is C26H24N2O6S. The first kappa shape index (κ1) is 23.1. The molecular weight excluding hydrogens is 468 g/mol. The fraction of sp³-hybridized carbons (Fsp3) is 0.231. The molecule has 0 aliphatic carbocycles. The van der Waals surface area contributed by atoms with Gasteiger partial charge in [-0.3, -0.25) is 9.08 Å². The summed E-state index contributed by atoms with van der Waals surface area (Å²) in [5.74, 6) is 0.307. The second-order valence-electron chi connectivity index (χ2n) is 8.45. The van der Waals surface area contributed by atoms with Gasteiger partial charge in [0, 0.05) is 6.42 Å². The van der Waals surface area contributed by atoms with Crippen LogP contribution in [0, 0.1) is 6.92 Å². The van der Waals surface area contributed by atoms with Crippen molar-refractivity contribution >= 4 is 27.3 Å². The summed E-state index contributed by atoms with van der Waals surface area (Å²) < 4.78 is 42.7. The Morgan fingerprint density at radius 2 is 1.74 bits per heavy atom. The van der Waals surface area contributed by atoms with E-state index in [0.717, 1.165) is 11.1 Å². The maximum Gasteiger partial charge on any atom is 0.410 e. The zero-order valence-electron chi connectivity index (χ0n) is 19.0. The number of oxazole rings is 1. The van der Waals surface area contributed by atoms with Gasteiger partial charge in [0.15, 0.2) is 5.58 Å². The van der Waals surface area contributed by atoms with Crippen molar-refractivity contribution in [2.75, 3.05) is 6.54 Å². The molecule has 4 aromatic rings. The number of likely N-dealkylation sites (tertiary alicyclic amines) is 1. The van der Waals surface area contributed by atoms with E-state index in [1.54, 1.807) is 18.2 Å². The molecule has 2 atom stereocenters. The van der Waals surface area contributed by atoms with Crippen LogP contribution in [0.3, 0.4) is 0 Å². The number of fused-ring (bicyclic) bond motifs is 1. The summed E-state index contributed by atoms with van der Waals surface area (Å²) in [5.41, 5.74) is 3.01. The number of hydrogen-bond donors (Lipinski definition) is 0. The number of nitrogens with zero attached hydrogens (tertiary/aromatic N) is 2. The fourth-order valence-electron chi connectivity index (χ4n) is 4.08. The number of carbonyl (C=O) groups is 1. The van der Waals surface area contributed by atoms with Crippen molar-refractivity contribution in [3.05, 3.63) is 95.9 Å². The molecule has 0 N–H and O–H groups in total. The largest absolute Gasteiger partial charge is 0.445 e. The third kappa shape index (κ3) is 5.06. The normalized spacial score (nSPS) is 18.1. The number of rotatable bonds is 6. The van der Waals surface area contributed by atoms with Crippen molar-refractivity contribution in [1.82, 2.24) is 9.88 Å². The maximum absolute atomic E-state index is 13.1. The third-order valence-electron chi connectivity index (χ3n) is 5.87. The van der Waals surface area contributed by atoms with Crippen LogP contribution in [0.1, 0.15) is 29.5 Å². The van der Waals surface area contributed by atoms with Crippen molar-refractivity contribution in [2.24, 2.45) is 0 Å². The van der Waals surface area contributed by atoms with Crippen molar-refractivity contribution in [3.8, 4) is 0 Å². The van der Waals surface area contributed by atoms with Gasteiger partial charge in [0.2, 0.25) is 5.89 Å². The van der Waals surface area contributed by atoms with Gasteiger partial charge in [0.05, 0.1) is 17.5 Å². The average Bonchev–Trinajstić information content (AvgIpc) is 3.47. The van der Waals surface area contributed by atoms with Gasteiger partial charge in [-0.2, -0.15) is 8.42 Å². The Labute approximate surface area is 203 Å². The summed E-state index contributed by atoms with van der Waals surface area (Å²) in [7, 11) is -4.02. The SMILES string of the molecule is Cc1ccc(S(=O)(=O)OC2CC(c3nc4ccccc4o3)N(C(=O)OCc3ccccc3)C2)cc1. The summed E-state index contributed by atoms with van der Waals surface area (Å²) in [6, 6.07) is 22.4. The van der Waals surface area contributed by atoms with Crippen molar-refractivity contribution in [2.45, 2.75) is 37.0 Å². The molecule has 1 aliphatic rings. The van der Waals surface area contributed by atoms with Gasteiger partial charge in [-0.05, 0) is 36.8 Å². The summed E-state index contributed by atoms with van der Waals surface area (Å²) >= 11 is 0. The number of aryl methyl sites for hydroxylation is 1. The van der Waals surface area contributed by atoms with Gasteiger partial charge >= 0.3 is 6.09 Å². The molecule has 1 fully saturated rings. The Kier molecular flexibility index (Phi) is 6.27. The zero-order valence-corrected chi connectivity index (χ0v) is 19.9. The van der Waals surface area contributed by atoms with E-state index < -0.39 is 28.4 Å². The van der Waals surface area contributed by atoms with Crippen LogP contribution in [0.4, 0.5) is 4.79 Å². The van der Waals surface area contributed by atoms with E-state index in [9.17, 15) is 13.2 Å². The number of benzene rings is 3. The summed E-state index contributed by atoms with van der Waals surface area (Å²) in [6.07, 6.45) is -1.19. The predicted molar refractivity (Wildman–Crippen MR) is 128 cm³/mol. The Balaban J connectivity index is 1.38. The highest BCUT2D eigenvalue weighted by Crippen LogP contribution is 2.36. The number of aromatic nitrogens is 1. The Morgan fingerprint density at radius 3 is 2.49 bits per heavy atom. The van der Waals surface area contributed by atoms with Crippen LogP contribution in [0.5, 0.6) is 0 Å². The van der Waals surface area contributed by atoms with Crippen molar-refractivity contribution in [3.63, 3.8) is 0 Å². The highest BCUT2D eigenvalue weighted by Gasteiger charge is 2.42. The minimum atomic E-state index is -4.02. The van der Waals surface area contributed by atoms with Crippen LogP contribution in [-0.2, 0) is 25.6 Å². The molecule has 5 rings (SSSR count). The molecule has 2 heterocycles. The molecule has 8 nitrogen and oxygen atoms in total. The minimum absolute atomic E-state index is 0.0160. The molecule has 0 radical (unpaired) electrons. The minimum Gasteiger partial charge on any atom is -0.445 e. The Hall–Kier alpha value is -3.69. The van der Waals surface area contributed by atoms with Gasteiger partial charge in [0.25, 0.3) is 10.1 Å². The second-order valence-corrected chi connectivity index (χ2v) is 10.0. The molecule has 2 unspecified atom stereocenters. The van der Waals surface area contributed by atoms with Gasteiger partial charge < -0.3 is 9.15 Å². The average molecular weight is 493 g/mol. The topological polar surface area (TPSA) is 98.9 Å². The molecule has 0 bridgehead atoms. The highest BCUT2D eigenvalue weighted by atomic mass is 32.2. The quantitative estimate of drug-likeness (QED) is 0.350. The lowest BCUT2D eigenvalue weighted by Gasteiger charge is -2.21. The van der Waals surface area contributed by atoms with Crippen molar-refractivity contribution in [1.29, 1.82) is 0 Å². The molecule has 0 saturated carbocycles. The van der Waals surface area contributed by atoms with E-state index in [4.69, 9.17) is 13.3 Å². The van der Waals surface area contributed by atoms with E-state index in [0.29, 0.717) is 17.0 Å². The lowest BCUT2D eigenvalue weighted by molar-refractivity contribution is 0.0855. The van der Waals surface area contributed by atoms with E-state index in [1.165, 1.54) is 17.0 Å². The van der Waals surface area contributed by atoms with Crippen molar-refractivity contribution < 1.29 is 26.5 Å². The molecule has 0 spiro atoms. The van der Waals surface area contributed by atoms with Crippen LogP contribution in [0.2, 0.25) is 0 Å². The lowest BCUT2D eigenvalue weighted by Crippen LogP contribution is -2.33. The van der Waals surface area contributed by atoms with Gasteiger partial charge in [-0.15, -0.1) is 0 Å². The molecule has 3 aromatic carbocycles. The third-order valence-corrected chi connectivity index (χ3v) is 7.25. The fourth-order valence-corrected chi connectivity index (χ4v) is 5.16.